The third-order valence-electron chi connectivity index (χ3n) is 7.05. The highest BCUT2D eigenvalue weighted by atomic mass is 16.5. The standard InChI is InChI=1S/C28H34N2O4/c1-31-26-17-23-22-10-16-33-28(24(22)20-34-25(23)18-27(26)32-2)19-30-14-12-29(13-15-30)11-6-9-21-7-4-3-5-8-21/h3-10,17-18,24,28H,11-16,19-20H2,1-2H3/b9-6+. The zero-order valence-electron chi connectivity index (χ0n) is 20.1. The lowest BCUT2D eigenvalue weighted by molar-refractivity contribution is -0.0117. The number of benzene rings is 2. The molecular weight excluding hydrogens is 428 g/mol. The molecular formula is C28H34N2O4. The number of fused-ring (bicyclic) bond motifs is 3. The van der Waals surface area contributed by atoms with Gasteiger partial charge in [0.1, 0.15) is 5.75 Å². The molecule has 6 heteroatoms. The van der Waals surface area contributed by atoms with Gasteiger partial charge in [-0.25, -0.2) is 0 Å². The van der Waals surface area contributed by atoms with Gasteiger partial charge in [-0.1, -0.05) is 48.6 Å². The summed E-state index contributed by atoms with van der Waals surface area (Å²) in [5, 5.41) is 0. The Kier molecular flexibility index (Phi) is 7.19. The Labute approximate surface area is 202 Å². The first-order chi connectivity index (χ1) is 16.7. The van der Waals surface area contributed by atoms with Gasteiger partial charge in [-0.3, -0.25) is 9.80 Å². The lowest BCUT2D eigenvalue weighted by Crippen LogP contribution is -2.51. The van der Waals surface area contributed by atoms with Crippen molar-refractivity contribution in [3.8, 4) is 17.2 Å². The van der Waals surface area contributed by atoms with Gasteiger partial charge in [-0.2, -0.15) is 0 Å². The zero-order valence-corrected chi connectivity index (χ0v) is 20.1. The topological polar surface area (TPSA) is 43.4 Å². The lowest BCUT2D eigenvalue weighted by atomic mass is 9.84. The summed E-state index contributed by atoms with van der Waals surface area (Å²) in [5.74, 6) is 2.51. The molecule has 5 rings (SSSR count). The normalized spacial score (nSPS) is 23.1. The minimum absolute atomic E-state index is 0.130. The molecule has 3 heterocycles. The van der Waals surface area contributed by atoms with Crippen molar-refractivity contribution in [1.82, 2.24) is 9.80 Å². The van der Waals surface area contributed by atoms with Gasteiger partial charge in [-0.05, 0) is 17.2 Å². The van der Waals surface area contributed by atoms with Crippen LogP contribution in [0.5, 0.6) is 17.2 Å². The van der Waals surface area contributed by atoms with Gasteiger partial charge in [0.25, 0.3) is 0 Å². The summed E-state index contributed by atoms with van der Waals surface area (Å²) in [7, 11) is 3.32. The molecule has 0 saturated carbocycles. The minimum Gasteiger partial charge on any atom is -0.493 e. The first-order valence-electron chi connectivity index (χ1n) is 12.1. The summed E-state index contributed by atoms with van der Waals surface area (Å²) in [6.45, 7) is 7.47. The molecule has 34 heavy (non-hydrogen) atoms. The predicted octanol–water partition coefficient (Wildman–Crippen LogP) is 3.83. The molecule has 1 fully saturated rings. The number of rotatable bonds is 7. The monoisotopic (exact) mass is 462 g/mol. The number of hydrogen-bond acceptors (Lipinski definition) is 6. The lowest BCUT2D eigenvalue weighted by Gasteiger charge is -2.41. The van der Waals surface area contributed by atoms with Crippen LogP contribution in [0.2, 0.25) is 0 Å². The van der Waals surface area contributed by atoms with Crippen LogP contribution in [0.25, 0.3) is 11.6 Å². The minimum atomic E-state index is 0.130. The van der Waals surface area contributed by atoms with Gasteiger partial charge in [-0.15, -0.1) is 0 Å². The van der Waals surface area contributed by atoms with E-state index < -0.39 is 0 Å². The van der Waals surface area contributed by atoms with Crippen LogP contribution in [-0.4, -0.2) is 82.6 Å². The molecule has 0 spiro atoms. The van der Waals surface area contributed by atoms with Crippen LogP contribution < -0.4 is 14.2 Å². The molecule has 2 aromatic rings. The summed E-state index contributed by atoms with van der Waals surface area (Å²) >= 11 is 0. The van der Waals surface area contributed by atoms with Crippen molar-refractivity contribution < 1.29 is 18.9 Å². The second-order valence-electron chi connectivity index (χ2n) is 9.07. The number of piperazine rings is 1. The summed E-state index contributed by atoms with van der Waals surface area (Å²) in [5.41, 5.74) is 3.66. The smallest absolute Gasteiger partial charge is 0.164 e. The van der Waals surface area contributed by atoms with E-state index in [1.54, 1.807) is 14.2 Å². The highest BCUT2D eigenvalue weighted by Crippen LogP contribution is 2.45. The summed E-state index contributed by atoms with van der Waals surface area (Å²) in [6.07, 6.45) is 6.81. The quantitative estimate of drug-likeness (QED) is 0.623. The van der Waals surface area contributed by atoms with Crippen LogP contribution in [-0.2, 0) is 4.74 Å². The van der Waals surface area contributed by atoms with Gasteiger partial charge in [0.05, 0.1) is 33.5 Å². The molecule has 1 saturated heterocycles. The molecule has 3 aliphatic rings. The van der Waals surface area contributed by atoms with Crippen LogP contribution in [0.15, 0.2) is 54.6 Å². The SMILES string of the molecule is COc1cc2c(cc1OC)C1=CCOC(CN3CCN(C/C=C/c4ccccc4)CC3)C1CO2. The van der Waals surface area contributed by atoms with Gasteiger partial charge in [0, 0.05) is 56.8 Å². The highest BCUT2D eigenvalue weighted by molar-refractivity contribution is 5.77. The van der Waals surface area contributed by atoms with Crippen molar-refractivity contribution in [2.24, 2.45) is 5.92 Å². The van der Waals surface area contributed by atoms with E-state index in [0.717, 1.165) is 56.3 Å². The van der Waals surface area contributed by atoms with E-state index in [0.29, 0.717) is 19.0 Å². The fourth-order valence-corrected chi connectivity index (χ4v) is 5.11. The molecule has 3 aliphatic heterocycles. The Bertz CT molecular complexity index is 1030. The number of hydrogen-bond donors (Lipinski definition) is 0. The van der Waals surface area contributed by atoms with Gasteiger partial charge >= 0.3 is 0 Å². The van der Waals surface area contributed by atoms with Crippen molar-refractivity contribution >= 4 is 11.6 Å². The second kappa shape index (κ2) is 10.6. The molecule has 180 valence electrons. The van der Waals surface area contributed by atoms with Crippen molar-refractivity contribution in [1.29, 1.82) is 0 Å². The maximum atomic E-state index is 6.23. The van der Waals surface area contributed by atoms with E-state index >= 15 is 0 Å². The maximum absolute atomic E-state index is 6.23. The van der Waals surface area contributed by atoms with Crippen molar-refractivity contribution in [3.63, 3.8) is 0 Å². The Morgan fingerprint density at radius 3 is 2.47 bits per heavy atom. The van der Waals surface area contributed by atoms with E-state index in [4.69, 9.17) is 18.9 Å². The fraction of sp³-hybridized carbons (Fsp3) is 0.429. The van der Waals surface area contributed by atoms with Crippen molar-refractivity contribution in [3.05, 3.63) is 65.7 Å². The molecule has 2 unspecified atom stereocenters. The second-order valence-corrected chi connectivity index (χ2v) is 9.07. The highest BCUT2D eigenvalue weighted by Gasteiger charge is 2.37. The molecule has 6 nitrogen and oxygen atoms in total. The van der Waals surface area contributed by atoms with E-state index in [-0.39, 0.29) is 12.0 Å². The first-order valence-corrected chi connectivity index (χ1v) is 12.1. The third kappa shape index (κ3) is 4.99. The van der Waals surface area contributed by atoms with E-state index in [9.17, 15) is 0 Å². The zero-order chi connectivity index (χ0) is 23.3. The van der Waals surface area contributed by atoms with Gasteiger partial charge < -0.3 is 18.9 Å². The Balaban J connectivity index is 1.17. The molecule has 2 aromatic carbocycles. The molecule has 0 amide bonds. The van der Waals surface area contributed by atoms with E-state index in [1.165, 1.54) is 11.1 Å². The molecule has 0 radical (unpaired) electrons. The van der Waals surface area contributed by atoms with E-state index in [2.05, 4.69) is 58.4 Å². The first kappa shape index (κ1) is 23.0. The third-order valence-corrected chi connectivity index (χ3v) is 7.05. The Morgan fingerprint density at radius 1 is 0.971 bits per heavy atom. The van der Waals surface area contributed by atoms with Crippen LogP contribution in [0.1, 0.15) is 11.1 Å². The largest absolute Gasteiger partial charge is 0.493 e. The average Bonchev–Trinajstić information content (AvgIpc) is 2.89. The maximum Gasteiger partial charge on any atom is 0.164 e. The molecule has 0 bridgehead atoms. The average molecular weight is 463 g/mol. The van der Waals surface area contributed by atoms with Crippen molar-refractivity contribution in [2.75, 3.05) is 66.7 Å². The summed E-state index contributed by atoms with van der Waals surface area (Å²) in [4.78, 5) is 5.05. The van der Waals surface area contributed by atoms with Crippen LogP contribution in [0, 0.1) is 5.92 Å². The Morgan fingerprint density at radius 2 is 1.71 bits per heavy atom. The predicted molar refractivity (Wildman–Crippen MR) is 135 cm³/mol. The van der Waals surface area contributed by atoms with Crippen molar-refractivity contribution in [2.45, 2.75) is 6.10 Å². The fourth-order valence-electron chi connectivity index (χ4n) is 5.11. The molecule has 0 aliphatic carbocycles. The summed E-state index contributed by atoms with van der Waals surface area (Å²) in [6, 6.07) is 14.5. The molecule has 2 atom stereocenters. The summed E-state index contributed by atoms with van der Waals surface area (Å²) < 4.78 is 23.4. The molecule has 0 N–H and O–H groups in total. The molecule has 0 aromatic heterocycles. The van der Waals surface area contributed by atoms with Crippen LogP contribution in [0.4, 0.5) is 0 Å². The van der Waals surface area contributed by atoms with Gasteiger partial charge in [0.15, 0.2) is 11.5 Å². The number of ether oxygens (including phenoxy) is 4. The van der Waals surface area contributed by atoms with Crippen LogP contribution >= 0.6 is 0 Å². The van der Waals surface area contributed by atoms with Crippen LogP contribution in [0.3, 0.4) is 0 Å². The van der Waals surface area contributed by atoms with Gasteiger partial charge in [0.2, 0.25) is 0 Å². The Hall–Kier alpha value is -2.80. The van der Waals surface area contributed by atoms with E-state index in [1.807, 2.05) is 12.1 Å². The number of methoxy groups -OCH3 is 2. The number of nitrogens with zero attached hydrogens (tertiary/aromatic N) is 2.